The van der Waals surface area contributed by atoms with Gasteiger partial charge in [0.15, 0.2) is 0 Å². The smallest absolute Gasteiger partial charge is 0.205 e. The summed E-state index contributed by atoms with van der Waals surface area (Å²) in [5, 5.41) is 20.4. The summed E-state index contributed by atoms with van der Waals surface area (Å²) in [6.07, 6.45) is 7.33. The molecule has 0 amide bonds. The molecule has 0 unspecified atom stereocenters. The molecule has 0 aromatic heterocycles. The van der Waals surface area contributed by atoms with Crippen molar-refractivity contribution in [1.29, 1.82) is 0 Å². The van der Waals surface area contributed by atoms with Crippen LogP contribution in [0.5, 0.6) is 17.2 Å². The van der Waals surface area contributed by atoms with Crippen LogP contribution in [0.25, 0.3) is 0 Å². The summed E-state index contributed by atoms with van der Waals surface area (Å²) in [6, 6.07) is 22.3. The van der Waals surface area contributed by atoms with Crippen molar-refractivity contribution in [3.8, 4) is 17.2 Å². The van der Waals surface area contributed by atoms with E-state index in [1.807, 2.05) is 42.5 Å². The molecule has 0 radical (unpaired) electrons. The largest absolute Gasteiger partial charge is 0.507 e. The van der Waals surface area contributed by atoms with E-state index in [1.165, 1.54) is 0 Å². The lowest BCUT2D eigenvalue weighted by molar-refractivity contribution is -0.0426. The fourth-order valence-electron chi connectivity index (χ4n) is 4.81. The summed E-state index contributed by atoms with van der Waals surface area (Å²) in [5.74, 6) is 1.25. The molecular formula is C27H26N2O3. The van der Waals surface area contributed by atoms with Crippen molar-refractivity contribution in [3.63, 3.8) is 0 Å². The van der Waals surface area contributed by atoms with Crippen LogP contribution in [0.2, 0.25) is 0 Å². The van der Waals surface area contributed by atoms with Crippen LogP contribution in [0.1, 0.15) is 48.4 Å². The highest BCUT2D eigenvalue weighted by Gasteiger charge is 2.51. The van der Waals surface area contributed by atoms with E-state index in [-0.39, 0.29) is 23.5 Å². The molecule has 5 rings (SSSR count). The molecule has 2 aliphatic rings. The van der Waals surface area contributed by atoms with Gasteiger partial charge in [0.05, 0.1) is 6.04 Å². The SMILES string of the molecule is Oc1ccccc1C=N[C@H]1c2ccccc2O[C@@]2(N=Cc3ccccc3O)CCCC[C@H]12. The fourth-order valence-corrected chi connectivity index (χ4v) is 4.81. The normalized spacial score (nSPS) is 24.8. The summed E-state index contributed by atoms with van der Waals surface area (Å²) in [6.45, 7) is 0. The maximum absolute atomic E-state index is 10.2. The zero-order valence-corrected chi connectivity index (χ0v) is 17.8. The highest BCUT2D eigenvalue weighted by atomic mass is 16.5. The molecule has 1 saturated carbocycles. The maximum Gasteiger partial charge on any atom is 0.205 e. The van der Waals surface area contributed by atoms with Crippen molar-refractivity contribution < 1.29 is 14.9 Å². The van der Waals surface area contributed by atoms with Gasteiger partial charge in [-0.15, -0.1) is 0 Å². The van der Waals surface area contributed by atoms with Crippen molar-refractivity contribution >= 4 is 12.4 Å². The number of benzene rings is 3. The first-order chi connectivity index (χ1) is 15.7. The Morgan fingerprint density at radius 1 is 0.812 bits per heavy atom. The summed E-state index contributed by atoms with van der Waals surface area (Å²) in [5.41, 5.74) is 1.66. The van der Waals surface area contributed by atoms with E-state index in [0.29, 0.717) is 11.1 Å². The molecule has 3 atom stereocenters. The number of hydrogen-bond acceptors (Lipinski definition) is 5. The quantitative estimate of drug-likeness (QED) is 0.529. The summed E-state index contributed by atoms with van der Waals surface area (Å²) >= 11 is 0. The predicted octanol–water partition coefficient (Wildman–Crippen LogP) is 5.66. The minimum atomic E-state index is -0.740. The van der Waals surface area contributed by atoms with E-state index < -0.39 is 5.72 Å². The van der Waals surface area contributed by atoms with Gasteiger partial charge in [0.25, 0.3) is 0 Å². The number of rotatable bonds is 4. The molecule has 1 aliphatic heterocycles. The van der Waals surface area contributed by atoms with E-state index in [9.17, 15) is 10.2 Å². The topological polar surface area (TPSA) is 74.4 Å². The highest BCUT2D eigenvalue weighted by Crippen LogP contribution is 2.52. The molecule has 1 fully saturated rings. The van der Waals surface area contributed by atoms with E-state index in [0.717, 1.165) is 37.0 Å². The van der Waals surface area contributed by atoms with Crippen LogP contribution in [0.4, 0.5) is 0 Å². The lowest BCUT2D eigenvalue weighted by atomic mass is 9.73. The van der Waals surface area contributed by atoms with E-state index in [2.05, 4.69) is 6.07 Å². The van der Waals surface area contributed by atoms with Crippen molar-refractivity contribution in [2.24, 2.45) is 15.9 Å². The lowest BCUT2D eigenvalue weighted by Crippen LogP contribution is -2.49. The second kappa shape index (κ2) is 8.50. The van der Waals surface area contributed by atoms with Gasteiger partial charge in [0.2, 0.25) is 5.72 Å². The number of aromatic hydroxyl groups is 2. The zero-order valence-electron chi connectivity index (χ0n) is 17.8. The van der Waals surface area contributed by atoms with Crippen LogP contribution < -0.4 is 4.74 Å². The third kappa shape index (κ3) is 3.75. The van der Waals surface area contributed by atoms with Crippen molar-refractivity contribution in [2.45, 2.75) is 37.5 Å². The fraction of sp³-hybridized carbons (Fsp3) is 0.259. The number of phenolic OH excluding ortho intramolecular Hbond substituents is 2. The minimum Gasteiger partial charge on any atom is -0.507 e. The first-order valence-electron chi connectivity index (χ1n) is 11.1. The Kier molecular flexibility index (Phi) is 5.39. The molecule has 3 aromatic rings. The number of aliphatic imine (C=N–C) groups is 2. The average molecular weight is 427 g/mol. The Bertz CT molecular complexity index is 1170. The third-order valence-corrected chi connectivity index (χ3v) is 6.45. The highest BCUT2D eigenvalue weighted by molar-refractivity contribution is 5.84. The number of fused-ring (bicyclic) bond motifs is 2. The Hall–Kier alpha value is -3.60. The Morgan fingerprint density at radius 3 is 2.22 bits per heavy atom. The van der Waals surface area contributed by atoms with Gasteiger partial charge >= 0.3 is 0 Å². The van der Waals surface area contributed by atoms with Gasteiger partial charge in [0.1, 0.15) is 17.2 Å². The molecule has 0 bridgehead atoms. The predicted molar refractivity (Wildman–Crippen MR) is 126 cm³/mol. The van der Waals surface area contributed by atoms with Gasteiger partial charge in [-0.2, -0.15) is 0 Å². The number of para-hydroxylation sites is 3. The molecule has 5 heteroatoms. The van der Waals surface area contributed by atoms with Crippen molar-refractivity contribution in [3.05, 3.63) is 89.5 Å². The van der Waals surface area contributed by atoms with Crippen LogP contribution >= 0.6 is 0 Å². The Morgan fingerprint density at radius 2 is 1.47 bits per heavy atom. The Balaban J connectivity index is 1.57. The van der Waals surface area contributed by atoms with Gasteiger partial charge < -0.3 is 14.9 Å². The maximum atomic E-state index is 10.2. The molecule has 162 valence electrons. The van der Waals surface area contributed by atoms with Crippen LogP contribution in [0.3, 0.4) is 0 Å². The molecule has 5 nitrogen and oxygen atoms in total. The minimum absolute atomic E-state index is 0.0513. The molecule has 1 aliphatic carbocycles. The molecule has 3 aromatic carbocycles. The van der Waals surface area contributed by atoms with Gasteiger partial charge in [-0.3, -0.25) is 4.99 Å². The number of nitrogens with zero attached hydrogens (tertiary/aromatic N) is 2. The van der Waals surface area contributed by atoms with Crippen LogP contribution in [-0.4, -0.2) is 28.4 Å². The molecule has 2 N–H and O–H groups in total. The zero-order chi connectivity index (χ0) is 22.0. The summed E-state index contributed by atoms with van der Waals surface area (Å²) in [4.78, 5) is 9.93. The second-order valence-corrected chi connectivity index (χ2v) is 8.44. The molecule has 0 spiro atoms. The average Bonchev–Trinajstić information content (AvgIpc) is 2.82. The molecule has 1 heterocycles. The monoisotopic (exact) mass is 426 g/mol. The van der Waals surface area contributed by atoms with Gasteiger partial charge in [-0.1, -0.05) is 48.9 Å². The van der Waals surface area contributed by atoms with Gasteiger partial charge in [-0.05, 0) is 43.2 Å². The van der Waals surface area contributed by atoms with Crippen LogP contribution in [-0.2, 0) is 0 Å². The van der Waals surface area contributed by atoms with Crippen LogP contribution in [0, 0.1) is 5.92 Å². The summed E-state index contributed by atoms with van der Waals surface area (Å²) < 4.78 is 6.59. The molecular weight excluding hydrogens is 400 g/mol. The standard InChI is InChI=1S/C27H26N2O3/c30-23-13-4-1-9-19(23)17-28-26-21-11-3-6-15-25(21)32-27(16-8-7-12-22(26)27)29-18-20-10-2-5-14-24(20)31/h1-6,9-11,13-15,17-18,22,26,30-31H,7-8,12,16H2/t22-,26+,27+/m1/s1. The molecule has 32 heavy (non-hydrogen) atoms. The van der Waals surface area contributed by atoms with E-state index >= 15 is 0 Å². The van der Waals surface area contributed by atoms with E-state index in [4.69, 9.17) is 14.7 Å². The first-order valence-corrected chi connectivity index (χ1v) is 11.1. The summed E-state index contributed by atoms with van der Waals surface area (Å²) in [7, 11) is 0. The van der Waals surface area contributed by atoms with E-state index in [1.54, 1.807) is 36.7 Å². The van der Waals surface area contributed by atoms with Crippen molar-refractivity contribution in [2.75, 3.05) is 0 Å². The first kappa shape index (κ1) is 20.3. The lowest BCUT2D eigenvalue weighted by Gasteiger charge is -2.47. The third-order valence-electron chi connectivity index (χ3n) is 6.45. The number of hydrogen-bond donors (Lipinski definition) is 2. The van der Waals surface area contributed by atoms with Gasteiger partial charge in [0, 0.05) is 41.5 Å². The van der Waals surface area contributed by atoms with Gasteiger partial charge in [-0.25, -0.2) is 4.99 Å². The number of ether oxygens (including phenoxy) is 1. The Labute approximate surface area is 187 Å². The van der Waals surface area contributed by atoms with Crippen LogP contribution in [0.15, 0.2) is 82.8 Å². The second-order valence-electron chi connectivity index (χ2n) is 8.44. The number of phenols is 2. The molecule has 0 saturated heterocycles. The van der Waals surface area contributed by atoms with Crippen molar-refractivity contribution in [1.82, 2.24) is 0 Å².